The molecule has 0 saturated heterocycles. The second kappa shape index (κ2) is 13.9. The standard InChI is InChI=1S/C36H30ClN3O8S/c1-19-31(35(44)47-4)32(23-16-25(37)33(42)28(17-23)46-3)40-34(43)29(49-36(40)38-19)14-20-9-12-26(27(13-20)45-2)48-18-30(41)39-24-11-10-21-7-5-6-8-22(21)15-24/h5-17,32,42H,18H2,1-4H3,(H,39,41)/b29-14+/t32-/m0/s1. The van der Waals surface area contributed by atoms with Crippen molar-refractivity contribution in [3.05, 3.63) is 120 Å². The molecule has 1 amide bonds. The monoisotopic (exact) mass is 699 g/mol. The molecule has 2 N–H and O–H groups in total. The van der Waals surface area contributed by atoms with Crippen LogP contribution in [0.2, 0.25) is 5.02 Å². The molecule has 5 aromatic rings. The van der Waals surface area contributed by atoms with Crippen LogP contribution in [0.1, 0.15) is 24.1 Å². The number of fused-ring (bicyclic) bond motifs is 2. The largest absolute Gasteiger partial charge is 0.503 e. The van der Waals surface area contributed by atoms with Gasteiger partial charge < -0.3 is 29.4 Å². The molecule has 6 rings (SSSR count). The quantitative estimate of drug-likeness (QED) is 0.206. The van der Waals surface area contributed by atoms with Crippen LogP contribution in [0.15, 0.2) is 93.9 Å². The molecule has 0 saturated carbocycles. The summed E-state index contributed by atoms with van der Waals surface area (Å²) in [6, 6.07) is 20.6. The zero-order chi connectivity index (χ0) is 34.8. The maximum Gasteiger partial charge on any atom is 0.338 e. The average molecular weight is 700 g/mol. The summed E-state index contributed by atoms with van der Waals surface area (Å²) in [4.78, 5) is 44.6. The van der Waals surface area contributed by atoms with Gasteiger partial charge in [-0.15, -0.1) is 0 Å². The first-order valence-corrected chi connectivity index (χ1v) is 16.1. The number of phenolic OH excluding ortho intramolecular Hbond substituents is 1. The summed E-state index contributed by atoms with van der Waals surface area (Å²) >= 11 is 7.44. The van der Waals surface area contributed by atoms with E-state index in [0.717, 1.165) is 22.1 Å². The highest BCUT2D eigenvalue weighted by Crippen LogP contribution is 2.40. The topological polar surface area (TPSA) is 138 Å². The molecule has 0 spiro atoms. The Labute approximate surface area is 288 Å². The van der Waals surface area contributed by atoms with Gasteiger partial charge in [0.25, 0.3) is 11.5 Å². The van der Waals surface area contributed by atoms with Crippen molar-refractivity contribution >= 4 is 57.4 Å². The zero-order valence-electron chi connectivity index (χ0n) is 26.8. The number of anilines is 1. The Hall–Kier alpha value is -5.59. The van der Waals surface area contributed by atoms with Gasteiger partial charge in [-0.25, -0.2) is 9.79 Å². The molecule has 1 atom stereocenters. The van der Waals surface area contributed by atoms with Gasteiger partial charge in [-0.05, 0) is 71.3 Å². The fraction of sp³-hybridized carbons (Fsp3) is 0.167. The van der Waals surface area contributed by atoms with E-state index in [4.69, 9.17) is 30.5 Å². The highest BCUT2D eigenvalue weighted by molar-refractivity contribution is 7.07. The molecule has 2 heterocycles. The number of nitrogens with zero attached hydrogens (tertiary/aromatic N) is 2. The molecule has 11 nitrogen and oxygen atoms in total. The third-order valence-electron chi connectivity index (χ3n) is 7.89. The normalized spacial score (nSPS) is 14.2. The number of allylic oxidation sites excluding steroid dienone is 1. The molecule has 4 aromatic carbocycles. The van der Waals surface area contributed by atoms with Crippen molar-refractivity contribution < 1.29 is 33.6 Å². The Bertz CT molecular complexity index is 2350. The van der Waals surface area contributed by atoms with Crippen molar-refractivity contribution in [3.63, 3.8) is 0 Å². The minimum absolute atomic E-state index is 0.0177. The van der Waals surface area contributed by atoms with Crippen molar-refractivity contribution in [2.75, 3.05) is 33.3 Å². The molecule has 1 aromatic heterocycles. The number of aromatic hydroxyl groups is 1. The first kappa shape index (κ1) is 33.3. The Kier molecular flexibility index (Phi) is 9.43. The van der Waals surface area contributed by atoms with Gasteiger partial charge >= 0.3 is 5.97 Å². The molecule has 1 aliphatic heterocycles. The number of nitrogens with one attached hydrogen (secondary N) is 1. The van der Waals surface area contributed by atoms with Crippen LogP contribution in [-0.4, -0.2) is 49.5 Å². The average Bonchev–Trinajstić information content (AvgIpc) is 3.40. The minimum Gasteiger partial charge on any atom is -0.503 e. The highest BCUT2D eigenvalue weighted by atomic mass is 35.5. The van der Waals surface area contributed by atoms with Crippen molar-refractivity contribution in [1.82, 2.24) is 4.57 Å². The van der Waals surface area contributed by atoms with Gasteiger partial charge in [0, 0.05) is 5.69 Å². The summed E-state index contributed by atoms with van der Waals surface area (Å²) in [6.07, 6.45) is 1.67. The maximum atomic E-state index is 14.0. The zero-order valence-corrected chi connectivity index (χ0v) is 28.3. The highest BCUT2D eigenvalue weighted by Gasteiger charge is 2.34. The number of benzene rings is 4. The Balaban J connectivity index is 1.29. The fourth-order valence-corrected chi connectivity index (χ4v) is 6.83. The van der Waals surface area contributed by atoms with Gasteiger partial charge in [0.15, 0.2) is 34.4 Å². The molecule has 250 valence electrons. The minimum atomic E-state index is -0.969. The SMILES string of the molecule is COC(=O)C1=C(C)N=c2s/c(=C/c3ccc(OCC(=O)Nc4ccc5ccccc5c4)c(OC)c3)c(=O)n2[C@H]1c1cc(Cl)c(O)c(OC)c1. The van der Waals surface area contributed by atoms with Gasteiger partial charge in [-0.2, -0.15) is 0 Å². The van der Waals surface area contributed by atoms with E-state index in [0.29, 0.717) is 43.3 Å². The van der Waals surface area contributed by atoms with Crippen LogP contribution >= 0.6 is 22.9 Å². The van der Waals surface area contributed by atoms with E-state index >= 15 is 0 Å². The number of phenols is 1. The molecule has 0 unspecified atom stereocenters. The Morgan fingerprint density at radius 1 is 0.980 bits per heavy atom. The predicted molar refractivity (Wildman–Crippen MR) is 187 cm³/mol. The summed E-state index contributed by atoms with van der Waals surface area (Å²) in [7, 11) is 4.09. The van der Waals surface area contributed by atoms with Crippen molar-refractivity contribution in [1.29, 1.82) is 0 Å². The molecule has 13 heteroatoms. The van der Waals surface area contributed by atoms with Crippen LogP contribution in [0.5, 0.6) is 23.0 Å². The predicted octanol–water partition coefficient (Wildman–Crippen LogP) is 4.96. The third-order valence-corrected chi connectivity index (χ3v) is 9.16. The first-order valence-electron chi connectivity index (χ1n) is 14.9. The van der Waals surface area contributed by atoms with E-state index in [-0.39, 0.29) is 34.6 Å². The van der Waals surface area contributed by atoms with E-state index in [9.17, 15) is 19.5 Å². The lowest BCUT2D eigenvalue weighted by molar-refractivity contribution is -0.136. The molecular formula is C36H30ClN3O8S. The molecule has 0 radical (unpaired) electrons. The number of hydrogen-bond acceptors (Lipinski definition) is 10. The Morgan fingerprint density at radius 3 is 2.47 bits per heavy atom. The van der Waals surface area contributed by atoms with E-state index in [2.05, 4.69) is 10.3 Å². The van der Waals surface area contributed by atoms with E-state index in [1.165, 1.54) is 38.0 Å². The summed E-state index contributed by atoms with van der Waals surface area (Å²) in [5.41, 5.74) is 1.76. The fourth-order valence-electron chi connectivity index (χ4n) is 5.57. The Morgan fingerprint density at radius 2 is 1.73 bits per heavy atom. The lowest BCUT2D eigenvalue weighted by Crippen LogP contribution is -2.39. The van der Waals surface area contributed by atoms with Gasteiger partial charge in [-0.3, -0.25) is 14.2 Å². The maximum absolute atomic E-state index is 14.0. The summed E-state index contributed by atoms with van der Waals surface area (Å²) in [5, 5.41) is 15.2. The van der Waals surface area contributed by atoms with Crippen molar-refractivity contribution in [2.45, 2.75) is 13.0 Å². The molecule has 1 aliphatic rings. The van der Waals surface area contributed by atoms with Crippen molar-refractivity contribution in [3.8, 4) is 23.0 Å². The number of aromatic nitrogens is 1. The van der Waals surface area contributed by atoms with Crippen LogP contribution < -0.4 is 34.4 Å². The van der Waals surface area contributed by atoms with Crippen molar-refractivity contribution in [2.24, 2.45) is 4.99 Å². The summed E-state index contributed by atoms with van der Waals surface area (Å²) < 4.78 is 23.4. The van der Waals surface area contributed by atoms with Crippen LogP contribution in [0, 0.1) is 0 Å². The van der Waals surface area contributed by atoms with E-state index < -0.39 is 17.6 Å². The number of halogens is 1. The number of rotatable bonds is 9. The third kappa shape index (κ3) is 6.60. The number of ether oxygens (including phenoxy) is 4. The smallest absolute Gasteiger partial charge is 0.338 e. The number of amides is 1. The lowest BCUT2D eigenvalue weighted by atomic mass is 9.95. The van der Waals surface area contributed by atoms with E-state index in [1.54, 1.807) is 31.2 Å². The first-order chi connectivity index (χ1) is 23.6. The number of thiazole rings is 1. The number of methoxy groups -OCH3 is 3. The van der Waals surface area contributed by atoms with Crippen LogP contribution in [0.4, 0.5) is 5.69 Å². The van der Waals surface area contributed by atoms with Crippen LogP contribution in [0.3, 0.4) is 0 Å². The second-order valence-corrected chi connectivity index (χ2v) is 12.4. The molecule has 0 bridgehead atoms. The number of carbonyl (C=O) groups excluding carboxylic acids is 2. The van der Waals surface area contributed by atoms with E-state index in [1.807, 2.05) is 42.5 Å². The molecule has 0 aliphatic carbocycles. The van der Waals surface area contributed by atoms with Crippen LogP contribution in [0.25, 0.3) is 16.8 Å². The number of hydrogen-bond donors (Lipinski definition) is 2. The molecular weight excluding hydrogens is 670 g/mol. The number of carbonyl (C=O) groups is 2. The summed E-state index contributed by atoms with van der Waals surface area (Å²) in [5.74, 6) is -0.517. The summed E-state index contributed by atoms with van der Waals surface area (Å²) in [6.45, 7) is 1.40. The molecule has 49 heavy (non-hydrogen) atoms. The van der Waals surface area contributed by atoms with Crippen LogP contribution in [-0.2, 0) is 14.3 Å². The lowest BCUT2D eigenvalue weighted by Gasteiger charge is -2.25. The van der Waals surface area contributed by atoms with Gasteiger partial charge in [-0.1, -0.05) is 59.3 Å². The second-order valence-electron chi connectivity index (χ2n) is 10.9. The van der Waals surface area contributed by atoms with Gasteiger partial charge in [0.2, 0.25) is 0 Å². The van der Waals surface area contributed by atoms with Gasteiger partial charge in [0.1, 0.15) is 0 Å². The molecule has 0 fully saturated rings. The van der Waals surface area contributed by atoms with Gasteiger partial charge in [0.05, 0.1) is 48.2 Å². The number of esters is 1.